The van der Waals surface area contributed by atoms with Crippen molar-refractivity contribution in [2.45, 2.75) is 0 Å². The van der Waals surface area contributed by atoms with E-state index in [9.17, 15) is 14.4 Å². The largest absolute Gasteiger partial charge is 1.00 e. The number of quaternary nitrogens is 1. The Morgan fingerprint density at radius 2 is 0.769 bits per heavy atom. The van der Waals surface area contributed by atoms with E-state index in [2.05, 4.69) is 0 Å². The number of rotatable bonds is 15. The second kappa shape index (κ2) is 14.6. The van der Waals surface area contributed by atoms with Crippen LogP contribution in [0.4, 0.5) is 0 Å². The van der Waals surface area contributed by atoms with E-state index in [1.807, 2.05) is 7.05 Å². The number of ether oxygens (including phenoxy) is 3. The van der Waals surface area contributed by atoms with E-state index in [4.69, 9.17) is 29.5 Å². The molecule has 3 aromatic carbocycles. The van der Waals surface area contributed by atoms with Crippen LogP contribution in [0.5, 0.6) is 17.2 Å². The Hall–Kier alpha value is -4.28. The number of benzene rings is 3. The summed E-state index contributed by atoms with van der Waals surface area (Å²) in [5, 5.41) is 27.1. The van der Waals surface area contributed by atoms with Crippen LogP contribution in [0, 0.1) is 0 Å². The van der Waals surface area contributed by atoms with Crippen LogP contribution in [0.15, 0.2) is 72.8 Å². The van der Waals surface area contributed by atoms with Gasteiger partial charge in [-0.2, -0.15) is 0 Å². The molecule has 208 valence electrons. The highest BCUT2D eigenvalue weighted by Crippen LogP contribution is 2.16. The van der Waals surface area contributed by atoms with Gasteiger partial charge in [0.25, 0.3) is 0 Å². The molecule has 3 rings (SSSR count). The van der Waals surface area contributed by atoms with Gasteiger partial charge in [-0.25, -0.2) is 14.4 Å². The Balaban J connectivity index is 0.00000533. The van der Waals surface area contributed by atoms with Crippen LogP contribution in [0.25, 0.3) is 0 Å². The molecule has 0 atom stereocenters. The third kappa shape index (κ3) is 9.84. The summed E-state index contributed by atoms with van der Waals surface area (Å²) < 4.78 is 18.0. The number of carbonyl (C=O) groups is 3. The van der Waals surface area contributed by atoms with Crippen LogP contribution in [0.1, 0.15) is 31.1 Å². The zero-order valence-corrected chi connectivity index (χ0v) is 22.0. The molecule has 10 nitrogen and oxygen atoms in total. The Kier molecular flexibility index (Phi) is 11.6. The Bertz CT molecular complexity index is 1080. The van der Waals surface area contributed by atoms with Crippen molar-refractivity contribution in [3.63, 3.8) is 0 Å². The molecular weight excluding hydrogens is 530 g/mol. The van der Waals surface area contributed by atoms with Gasteiger partial charge in [0.15, 0.2) is 0 Å². The lowest BCUT2D eigenvalue weighted by Crippen LogP contribution is -3.00. The normalized spacial score (nSPS) is 10.7. The van der Waals surface area contributed by atoms with Gasteiger partial charge in [-0.05, 0) is 72.8 Å². The molecule has 0 aliphatic rings. The molecule has 0 saturated heterocycles. The predicted molar refractivity (Wildman–Crippen MR) is 137 cm³/mol. The minimum Gasteiger partial charge on any atom is -1.00 e. The Labute approximate surface area is 232 Å². The number of aromatic carboxylic acids is 3. The van der Waals surface area contributed by atoms with Gasteiger partial charge in [0, 0.05) is 0 Å². The van der Waals surface area contributed by atoms with Crippen LogP contribution < -0.4 is 26.6 Å². The van der Waals surface area contributed by atoms with E-state index in [1.165, 1.54) is 36.4 Å². The van der Waals surface area contributed by atoms with E-state index in [0.29, 0.717) is 61.2 Å². The molecule has 0 heterocycles. The number of hydrogen-bond donors (Lipinski definition) is 3. The van der Waals surface area contributed by atoms with Crippen LogP contribution >= 0.6 is 0 Å². The average molecular weight is 560 g/mol. The van der Waals surface area contributed by atoms with E-state index < -0.39 is 17.9 Å². The summed E-state index contributed by atoms with van der Waals surface area (Å²) >= 11 is 0. The van der Waals surface area contributed by atoms with Crippen molar-refractivity contribution in [3.05, 3.63) is 89.5 Å². The van der Waals surface area contributed by atoms with E-state index in [-0.39, 0.29) is 29.1 Å². The summed E-state index contributed by atoms with van der Waals surface area (Å²) in [7, 11) is 2.03. The lowest BCUT2D eigenvalue weighted by molar-refractivity contribution is -0.909. The molecule has 0 unspecified atom stereocenters. The molecule has 0 saturated carbocycles. The van der Waals surface area contributed by atoms with Gasteiger partial charge in [0.1, 0.15) is 56.7 Å². The summed E-state index contributed by atoms with van der Waals surface area (Å²) in [6.45, 7) is 2.90. The van der Waals surface area contributed by atoms with Crippen molar-refractivity contribution in [2.24, 2.45) is 0 Å². The number of likely N-dealkylation sites (N-methyl/N-ethyl adjacent to an activating group) is 1. The highest BCUT2D eigenvalue weighted by Gasteiger charge is 2.22. The maximum absolute atomic E-state index is 11.0. The number of halogens is 1. The van der Waals surface area contributed by atoms with Crippen LogP contribution in [-0.4, -0.2) is 84.2 Å². The molecule has 0 aliphatic heterocycles. The SMILES string of the molecule is C[N+](CCOc1ccc(C(=O)O)cc1)(CCOc1ccc(C(=O)O)cc1)CCOc1ccc(C(=O)O)cc1.[Cl-]. The summed E-state index contributed by atoms with van der Waals surface area (Å²) in [5.41, 5.74) is 0.542. The summed E-state index contributed by atoms with van der Waals surface area (Å²) in [4.78, 5) is 33.1. The van der Waals surface area contributed by atoms with Gasteiger partial charge in [-0.15, -0.1) is 0 Å². The van der Waals surface area contributed by atoms with Crippen molar-refractivity contribution >= 4 is 17.9 Å². The van der Waals surface area contributed by atoms with Crippen molar-refractivity contribution < 1.29 is 60.8 Å². The van der Waals surface area contributed by atoms with Gasteiger partial charge in [0.05, 0.1) is 23.7 Å². The first-order valence-electron chi connectivity index (χ1n) is 11.9. The Morgan fingerprint density at radius 3 is 0.974 bits per heavy atom. The van der Waals surface area contributed by atoms with E-state index >= 15 is 0 Å². The van der Waals surface area contributed by atoms with Gasteiger partial charge in [-0.1, -0.05) is 0 Å². The van der Waals surface area contributed by atoms with Crippen LogP contribution in [0.2, 0.25) is 0 Å². The average Bonchev–Trinajstić information content (AvgIpc) is 2.89. The minimum atomic E-state index is -1.00. The Morgan fingerprint density at radius 1 is 0.538 bits per heavy atom. The molecule has 0 aliphatic carbocycles. The van der Waals surface area contributed by atoms with Crippen LogP contribution in [0.3, 0.4) is 0 Å². The summed E-state index contributed by atoms with van der Waals surface area (Å²) in [6.07, 6.45) is 0. The molecule has 11 heteroatoms. The van der Waals surface area contributed by atoms with Crippen molar-refractivity contribution in [2.75, 3.05) is 46.5 Å². The van der Waals surface area contributed by atoms with Crippen molar-refractivity contribution in [1.82, 2.24) is 0 Å². The molecule has 39 heavy (non-hydrogen) atoms. The fraction of sp³-hybridized carbons (Fsp3) is 0.250. The second-order valence-electron chi connectivity index (χ2n) is 8.82. The first-order chi connectivity index (χ1) is 18.1. The van der Waals surface area contributed by atoms with E-state index in [1.54, 1.807) is 36.4 Å². The van der Waals surface area contributed by atoms with Gasteiger partial charge >= 0.3 is 17.9 Å². The molecule has 0 bridgehead atoms. The number of nitrogens with zero attached hydrogens (tertiary/aromatic N) is 1. The maximum atomic E-state index is 11.0. The molecule has 3 N–H and O–H groups in total. The van der Waals surface area contributed by atoms with Crippen molar-refractivity contribution in [3.8, 4) is 17.2 Å². The third-order valence-electron chi connectivity index (χ3n) is 6.00. The zero-order chi connectivity index (χ0) is 27.5. The highest BCUT2D eigenvalue weighted by atomic mass is 35.5. The standard InChI is InChI=1S/C28H29NO9.ClH/c1-29(14-17-36-23-8-2-20(3-9-23)26(30)31,15-18-37-24-10-4-21(5-11-24)27(32)33)16-19-38-25-12-6-22(7-13-25)28(34)35;/h2-13H,14-19H2,1H3,(H2-,30,31,32,33,34,35);1H. The molecular formula is C28H30ClNO9. The molecule has 0 spiro atoms. The number of hydrogen-bond acceptors (Lipinski definition) is 6. The second-order valence-corrected chi connectivity index (χ2v) is 8.82. The number of carboxylic acid groups (broad SMARTS) is 3. The molecule has 0 aromatic heterocycles. The quantitative estimate of drug-likeness (QED) is 0.230. The highest BCUT2D eigenvalue weighted by molar-refractivity contribution is 5.88. The number of carboxylic acids is 3. The van der Waals surface area contributed by atoms with E-state index in [0.717, 1.165) is 0 Å². The maximum Gasteiger partial charge on any atom is 0.335 e. The predicted octanol–water partition coefficient (Wildman–Crippen LogP) is 0.769. The lowest BCUT2D eigenvalue weighted by atomic mass is 10.2. The zero-order valence-electron chi connectivity index (χ0n) is 21.3. The molecule has 0 fully saturated rings. The van der Waals surface area contributed by atoms with Crippen LogP contribution in [-0.2, 0) is 0 Å². The third-order valence-corrected chi connectivity index (χ3v) is 6.00. The smallest absolute Gasteiger partial charge is 0.335 e. The molecule has 0 amide bonds. The minimum absolute atomic E-state index is 0. The first-order valence-corrected chi connectivity index (χ1v) is 11.9. The topological polar surface area (TPSA) is 140 Å². The van der Waals surface area contributed by atoms with Gasteiger partial charge in [-0.3, -0.25) is 0 Å². The fourth-order valence-electron chi connectivity index (χ4n) is 3.57. The monoisotopic (exact) mass is 559 g/mol. The molecule has 3 aromatic rings. The lowest BCUT2D eigenvalue weighted by Gasteiger charge is -2.34. The summed E-state index contributed by atoms with van der Waals surface area (Å²) in [6, 6.07) is 18.6. The van der Waals surface area contributed by atoms with Crippen molar-refractivity contribution in [1.29, 1.82) is 0 Å². The van der Waals surface area contributed by atoms with Gasteiger partial charge < -0.3 is 46.4 Å². The first kappa shape index (κ1) is 30.9. The fourth-order valence-corrected chi connectivity index (χ4v) is 3.57. The molecule has 0 radical (unpaired) electrons. The van der Waals surface area contributed by atoms with Gasteiger partial charge in [0.2, 0.25) is 0 Å². The summed E-state index contributed by atoms with van der Waals surface area (Å²) in [5.74, 6) is -1.33.